The van der Waals surface area contributed by atoms with Crippen molar-refractivity contribution in [1.82, 2.24) is 4.31 Å². The topological polar surface area (TPSA) is 91.8 Å². The van der Waals surface area contributed by atoms with Crippen LogP contribution in [0.1, 0.15) is 34.3 Å². The number of aromatic carboxylic acids is 1. The number of sulfonamides is 1. The lowest BCUT2D eigenvalue weighted by Gasteiger charge is -2.25. The van der Waals surface area contributed by atoms with Gasteiger partial charge in [-0.25, -0.2) is 17.5 Å². The number of hydrogen-bond acceptors (Lipinski definition) is 4. The SMILES string of the molecule is Cc1cc(C(=O)O)ccc1CCS(=O)(=O)N1CCC(=O)CC1. The minimum atomic E-state index is -3.38. The number of rotatable bonds is 5. The summed E-state index contributed by atoms with van der Waals surface area (Å²) in [5.41, 5.74) is 1.78. The third-order valence-electron chi connectivity index (χ3n) is 3.89. The molecule has 1 saturated heterocycles. The van der Waals surface area contributed by atoms with Crippen LogP contribution in [0.3, 0.4) is 0 Å². The van der Waals surface area contributed by atoms with Crippen LogP contribution in [0, 0.1) is 6.92 Å². The van der Waals surface area contributed by atoms with E-state index in [0.29, 0.717) is 6.42 Å². The fourth-order valence-corrected chi connectivity index (χ4v) is 3.97. The monoisotopic (exact) mass is 325 g/mol. The van der Waals surface area contributed by atoms with Crippen molar-refractivity contribution >= 4 is 21.8 Å². The molecule has 1 heterocycles. The van der Waals surface area contributed by atoms with E-state index in [4.69, 9.17) is 5.11 Å². The first kappa shape index (κ1) is 16.6. The average Bonchev–Trinajstić information content (AvgIpc) is 2.46. The van der Waals surface area contributed by atoms with Crippen LogP contribution in [0.5, 0.6) is 0 Å². The molecule has 2 rings (SSSR count). The lowest BCUT2D eigenvalue weighted by Crippen LogP contribution is -2.40. The summed E-state index contributed by atoms with van der Waals surface area (Å²) in [5.74, 6) is -0.930. The second kappa shape index (κ2) is 6.58. The summed E-state index contributed by atoms with van der Waals surface area (Å²) in [5, 5.41) is 8.92. The molecule has 0 amide bonds. The summed E-state index contributed by atoms with van der Waals surface area (Å²) >= 11 is 0. The van der Waals surface area contributed by atoms with Gasteiger partial charge in [-0.3, -0.25) is 4.79 Å². The van der Waals surface area contributed by atoms with E-state index in [9.17, 15) is 18.0 Å². The van der Waals surface area contributed by atoms with E-state index in [2.05, 4.69) is 0 Å². The van der Waals surface area contributed by atoms with Gasteiger partial charge in [0.25, 0.3) is 0 Å². The van der Waals surface area contributed by atoms with Crippen molar-refractivity contribution < 1.29 is 23.1 Å². The van der Waals surface area contributed by atoms with Gasteiger partial charge in [0.05, 0.1) is 11.3 Å². The summed E-state index contributed by atoms with van der Waals surface area (Å²) in [4.78, 5) is 22.1. The van der Waals surface area contributed by atoms with Gasteiger partial charge in [-0.2, -0.15) is 0 Å². The molecule has 0 saturated carbocycles. The quantitative estimate of drug-likeness (QED) is 0.879. The molecule has 7 heteroatoms. The van der Waals surface area contributed by atoms with Gasteiger partial charge in [0.15, 0.2) is 0 Å². The number of hydrogen-bond donors (Lipinski definition) is 1. The lowest BCUT2D eigenvalue weighted by atomic mass is 10.0. The van der Waals surface area contributed by atoms with Gasteiger partial charge in [-0.05, 0) is 36.6 Å². The number of ketones is 1. The predicted molar refractivity (Wildman–Crippen MR) is 81.4 cm³/mol. The molecule has 22 heavy (non-hydrogen) atoms. The number of carbonyl (C=O) groups is 2. The lowest BCUT2D eigenvalue weighted by molar-refractivity contribution is -0.120. The summed E-state index contributed by atoms with van der Waals surface area (Å²) in [7, 11) is -3.38. The number of aryl methyl sites for hydroxylation is 2. The van der Waals surface area contributed by atoms with Crippen LogP contribution in [0.2, 0.25) is 0 Å². The van der Waals surface area contributed by atoms with Crippen molar-refractivity contribution in [3.8, 4) is 0 Å². The Morgan fingerprint density at radius 2 is 1.91 bits per heavy atom. The Morgan fingerprint density at radius 1 is 1.27 bits per heavy atom. The number of nitrogens with zero attached hydrogens (tertiary/aromatic N) is 1. The predicted octanol–water partition coefficient (Wildman–Crippen LogP) is 1.23. The van der Waals surface area contributed by atoms with Gasteiger partial charge >= 0.3 is 5.97 Å². The zero-order valence-electron chi connectivity index (χ0n) is 12.4. The number of carboxylic acids is 1. The van der Waals surface area contributed by atoms with Crippen LogP contribution in [-0.2, 0) is 21.2 Å². The maximum Gasteiger partial charge on any atom is 0.335 e. The first-order chi connectivity index (χ1) is 10.3. The van der Waals surface area contributed by atoms with Crippen molar-refractivity contribution in [3.05, 3.63) is 34.9 Å². The minimum absolute atomic E-state index is 0.0333. The molecule has 0 aromatic heterocycles. The molecule has 0 bridgehead atoms. The van der Waals surface area contributed by atoms with Crippen molar-refractivity contribution in [2.75, 3.05) is 18.8 Å². The standard InChI is InChI=1S/C15H19NO5S/c1-11-10-13(15(18)19)3-2-12(11)6-9-22(20,21)16-7-4-14(17)5-8-16/h2-3,10H,4-9H2,1H3,(H,18,19). The fraction of sp³-hybridized carbons (Fsp3) is 0.467. The van der Waals surface area contributed by atoms with E-state index in [-0.39, 0.29) is 43.0 Å². The molecule has 1 aliphatic rings. The molecule has 1 aromatic carbocycles. The molecule has 0 radical (unpaired) electrons. The number of Topliss-reactive ketones (excluding diaryl/α,β-unsaturated/α-hetero) is 1. The fourth-order valence-electron chi connectivity index (χ4n) is 2.49. The third kappa shape index (κ3) is 3.92. The van der Waals surface area contributed by atoms with Crippen molar-refractivity contribution in [3.63, 3.8) is 0 Å². The Hall–Kier alpha value is -1.73. The second-order valence-corrected chi connectivity index (χ2v) is 7.54. The van der Waals surface area contributed by atoms with Crippen LogP contribution in [-0.4, -0.2) is 48.4 Å². The van der Waals surface area contributed by atoms with Crippen molar-refractivity contribution in [2.24, 2.45) is 0 Å². The Morgan fingerprint density at radius 3 is 2.45 bits per heavy atom. The Bertz CT molecular complexity index is 686. The van der Waals surface area contributed by atoms with Gasteiger partial charge < -0.3 is 5.11 Å². The Labute approximate surface area is 129 Å². The van der Waals surface area contributed by atoms with Crippen molar-refractivity contribution in [1.29, 1.82) is 0 Å². The molecular weight excluding hydrogens is 306 g/mol. The maximum absolute atomic E-state index is 12.3. The number of carboxylic acid groups (broad SMARTS) is 1. The van der Waals surface area contributed by atoms with Crippen LogP contribution in [0.25, 0.3) is 0 Å². The molecule has 0 aliphatic carbocycles. The first-order valence-corrected chi connectivity index (χ1v) is 8.73. The number of benzene rings is 1. The van der Waals surface area contributed by atoms with E-state index >= 15 is 0 Å². The smallest absolute Gasteiger partial charge is 0.335 e. The van der Waals surface area contributed by atoms with Gasteiger partial charge in [0.1, 0.15) is 5.78 Å². The molecule has 120 valence electrons. The molecule has 1 aliphatic heterocycles. The summed E-state index contributed by atoms with van der Waals surface area (Å²) in [6.07, 6.45) is 0.898. The minimum Gasteiger partial charge on any atom is -0.478 e. The van der Waals surface area contributed by atoms with Gasteiger partial charge in [0.2, 0.25) is 10.0 Å². The van der Waals surface area contributed by atoms with E-state index < -0.39 is 16.0 Å². The van der Waals surface area contributed by atoms with Crippen LogP contribution < -0.4 is 0 Å². The van der Waals surface area contributed by atoms with Crippen LogP contribution in [0.4, 0.5) is 0 Å². The van der Waals surface area contributed by atoms with E-state index in [0.717, 1.165) is 11.1 Å². The number of carbonyl (C=O) groups excluding carboxylic acids is 1. The Balaban J connectivity index is 2.03. The van der Waals surface area contributed by atoms with E-state index in [1.165, 1.54) is 10.4 Å². The molecule has 0 atom stereocenters. The molecule has 1 fully saturated rings. The maximum atomic E-state index is 12.3. The number of piperidine rings is 1. The van der Waals surface area contributed by atoms with Gasteiger partial charge in [0, 0.05) is 25.9 Å². The van der Waals surface area contributed by atoms with Crippen LogP contribution in [0.15, 0.2) is 18.2 Å². The van der Waals surface area contributed by atoms with Gasteiger partial charge in [-0.1, -0.05) is 6.07 Å². The Kier molecular flexibility index (Phi) is 4.97. The summed E-state index contributed by atoms with van der Waals surface area (Å²) in [6, 6.07) is 4.69. The normalized spacial score (nSPS) is 16.7. The molecule has 1 N–H and O–H groups in total. The summed E-state index contributed by atoms with van der Waals surface area (Å²) < 4.78 is 25.9. The largest absolute Gasteiger partial charge is 0.478 e. The van der Waals surface area contributed by atoms with E-state index in [1.807, 2.05) is 0 Å². The van der Waals surface area contributed by atoms with Crippen LogP contribution >= 0.6 is 0 Å². The summed E-state index contributed by atoms with van der Waals surface area (Å²) in [6.45, 7) is 2.30. The highest BCUT2D eigenvalue weighted by atomic mass is 32.2. The molecular formula is C15H19NO5S. The van der Waals surface area contributed by atoms with E-state index in [1.54, 1.807) is 19.1 Å². The zero-order valence-corrected chi connectivity index (χ0v) is 13.2. The first-order valence-electron chi connectivity index (χ1n) is 7.12. The molecule has 1 aromatic rings. The third-order valence-corrected chi connectivity index (χ3v) is 5.76. The second-order valence-electron chi connectivity index (χ2n) is 5.45. The van der Waals surface area contributed by atoms with Crippen molar-refractivity contribution in [2.45, 2.75) is 26.2 Å². The highest BCUT2D eigenvalue weighted by Gasteiger charge is 2.26. The molecule has 0 spiro atoms. The average molecular weight is 325 g/mol. The molecule has 0 unspecified atom stereocenters. The van der Waals surface area contributed by atoms with Gasteiger partial charge in [-0.15, -0.1) is 0 Å². The molecule has 6 nitrogen and oxygen atoms in total. The highest BCUT2D eigenvalue weighted by Crippen LogP contribution is 2.16. The highest BCUT2D eigenvalue weighted by molar-refractivity contribution is 7.89. The zero-order chi connectivity index (χ0) is 16.3.